The van der Waals surface area contributed by atoms with E-state index in [1.807, 2.05) is 12.1 Å². The number of amides is 1. The topological polar surface area (TPSA) is 61.9 Å². The highest BCUT2D eigenvalue weighted by Gasteiger charge is 2.35. The Balaban J connectivity index is 1.39. The van der Waals surface area contributed by atoms with E-state index in [4.69, 9.17) is 0 Å². The number of hydrogen-bond acceptors (Lipinski definition) is 4. The van der Waals surface area contributed by atoms with Crippen LogP contribution in [0.15, 0.2) is 41.2 Å². The minimum absolute atomic E-state index is 0.187. The van der Waals surface area contributed by atoms with Gasteiger partial charge in [-0.2, -0.15) is 0 Å². The van der Waals surface area contributed by atoms with Crippen molar-refractivity contribution >= 4 is 17.7 Å². The molecule has 1 fully saturated rings. The highest BCUT2D eigenvalue weighted by molar-refractivity contribution is 7.99. The van der Waals surface area contributed by atoms with Crippen LogP contribution in [0.25, 0.3) is 11.4 Å². The number of thioether (sulfide) groups is 1. The molecule has 5 nitrogen and oxygen atoms in total. The van der Waals surface area contributed by atoms with Gasteiger partial charge in [-0.3, -0.25) is 9.89 Å². The SMILES string of the molecule is Cc1ccc(-c2nc(SCC(=O)N(C3=CCCCC3)C3CC3)n[nH]2)cc1. The van der Waals surface area contributed by atoms with E-state index in [0.717, 1.165) is 37.1 Å². The summed E-state index contributed by atoms with van der Waals surface area (Å²) in [5.41, 5.74) is 3.46. The number of aryl methyl sites for hydroxylation is 1. The van der Waals surface area contributed by atoms with Crippen molar-refractivity contribution in [3.63, 3.8) is 0 Å². The van der Waals surface area contributed by atoms with Crippen LogP contribution in [-0.2, 0) is 4.79 Å². The minimum atomic E-state index is 0.187. The van der Waals surface area contributed by atoms with Crippen molar-refractivity contribution in [3.8, 4) is 11.4 Å². The number of rotatable bonds is 6. The van der Waals surface area contributed by atoms with Gasteiger partial charge in [0, 0.05) is 17.3 Å². The molecule has 0 aliphatic heterocycles. The highest BCUT2D eigenvalue weighted by atomic mass is 32.2. The summed E-state index contributed by atoms with van der Waals surface area (Å²) in [7, 11) is 0. The maximum atomic E-state index is 12.8. The maximum absolute atomic E-state index is 12.8. The molecule has 6 heteroatoms. The van der Waals surface area contributed by atoms with Gasteiger partial charge in [-0.1, -0.05) is 47.7 Å². The number of nitrogens with one attached hydrogen (secondary N) is 1. The minimum Gasteiger partial charge on any atom is -0.313 e. The van der Waals surface area contributed by atoms with Gasteiger partial charge in [0.2, 0.25) is 11.1 Å². The van der Waals surface area contributed by atoms with Crippen molar-refractivity contribution in [1.29, 1.82) is 0 Å². The van der Waals surface area contributed by atoms with Gasteiger partial charge >= 0.3 is 0 Å². The first-order chi connectivity index (χ1) is 12.7. The average Bonchev–Trinajstić information content (AvgIpc) is 3.38. The Bertz CT molecular complexity index is 807. The zero-order valence-electron chi connectivity index (χ0n) is 15.1. The fourth-order valence-electron chi connectivity index (χ4n) is 3.32. The number of aromatic amines is 1. The lowest BCUT2D eigenvalue weighted by molar-refractivity contribution is -0.127. The van der Waals surface area contributed by atoms with Crippen LogP contribution in [-0.4, -0.2) is 37.8 Å². The van der Waals surface area contributed by atoms with Crippen molar-refractivity contribution in [2.24, 2.45) is 0 Å². The number of benzene rings is 1. The Labute approximate surface area is 158 Å². The van der Waals surface area contributed by atoms with E-state index in [9.17, 15) is 4.79 Å². The van der Waals surface area contributed by atoms with E-state index < -0.39 is 0 Å². The quantitative estimate of drug-likeness (QED) is 0.771. The molecule has 1 saturated carbocycles. The van der Waals surface area contributed by atoms with Crippen LogP contribution in [0.5, 0.6) is 0 Å². The molecule has 1 heterocycles. The van der Waals surface area contributed by atoms with Gasteiger partial charge < -0.3 is 4.90 Å². The lowest BCUT2D eigenvalue weighted by atomic mass is 10.0. The number of H-pyrrole nitrogens is 1. The normalized spacial score (nSPS) is 17.0. The first-order valence-electron chi connectivity index (χ1n) is 9.34. The molecule has 136 valence electrons. The fraction of sp³-hybridized carbons (Fsp3) is 0.450. The van der Waals surface area contributed by atoms with Crippen LogP contribution in [0.3, 0.4) is 0 Å². The Morgan fingerprint density at radius 1 is 1.27 bits per heavy atom. The van der Waals surface area contributed by atoms with E-state index in [0.29, 0.717) is 17.0 Å². The lowest BCUT2D eigenvalue weighted by Gasteiger charge is -2.27. The largest absolute Gasteiger partial charge is 0.313 e. The third-order valence-corrected chi connectivity index (χ3v) is 5.70. The molecule has 1 aromatic heterocycles. The third kappa shape index (κ3) is 4.01. The summed E-state index contributed by atoms with van der Waals surface area (Å²) in [5, 5.41) is 7.86. The number of allylic oxidation sites excluding steroid dienone is 2. The van der Waals surface area contributed by atoms with Crippen LogP contribution < -0.4 is 0 Å². The molecule has 0 saturated heterocycles. The van der Waals surface area contributed by atoms with E-state index in [1.165, 1.54) is 35.9 Å². The number of aromatic nitrogens is 3. The number of hydrogen-bond donors (Lipinski definition) is 1. The predicted octanol–water partition coefficient (Wildman–Crippen LogP) is 4.32. The predicted molar refractivity (Wildman–Crippen MR) is 104 cm³/mol. The Kier molecular flexibility index (Phi) is 5.11. The molecule has 2 aromatic rings. The molecule has 26 heavy (non-hydrogen) atoms. The van der Waals surface area contributed by atoms with E-state index in [1.54, 1.807) is 0 Å². The highest BCUT2D eigenvalue weighted by Crippen LogP contribution is 2.34. The Morgan fingerprint density at radius 2 is 2.08 bits per heavy atom. The van der Waals surface area contributed by atoms with Crippen LogP contribution in [0.4, 0.5) is 0 Å². The van der Waals surface area contributed by atoms with E-state index in [2.05, 4.69) is 45.2 Å². The first kappa shape index (κ1) is 17.3. The van der Waals surface area contributed by atoms with Crippen molar-refractivity contribution in [2.45, 2.75) is 56.6 Å². The van der Waals surface area contributed by atoms with Gasteiger partial charge in [0.05, 0.1) is 5.75 Å². The van der Waals surface area contributed by atoms with Crippen LogP contribution in [0.2, 0.25) is 0 Å². The molecule has 2 aliphatic carbocycles. The first-order valence-corrected chi connectivity index (χ1v) is 10.3. The molecule has 0 spiro atoms. The van der Waals surface area contributed by atoms with Crippen LogP contribution in [0.1, 0.15) is 44.1 Å². The molecule has 1 aromatic carbocycles. The summed E-state index contributed by atoms with van der Waals surface area (Å²) in [4.78, 5) is 19.4. The van der Waals surface area contributed by atoms with Gasteiger partial charge in [-0.05, 0) is 45.4 Å². The summed E-state index contributed by atoms with van der Waals surface area (Å²) < 4.78 is 0. The molecular formula is C20H24N4OS. The number of carbonyl (C=O) groups is 1. The van der Waals surface area contributed by atoms with Gasteiger partial charge in [0.1, 0.15) is 0 Å². The van der Waals surface area contributed by atoms with Crippen LogP contribution in [0, 0.1) is 6.92 Å². The molecule has 0 bridgehead atoms. The van der Waals surface area contributed by atoms with Crippen molar-refractivity contribution in [2.75, 3.05) is 5.75 Å². The third-order valence-electron chi connectivity index (χ3n) is 4.87. The smallest absolute Gasteiger partial charge is 0.237 e. The fourth-order valence-corrected chi connectivity index (χ4v) is 3.98. The van der Waals surface area contributed by atoms with E-state index >= 15 is 0 Å². The lowest BCUT2D eigenvalue weighted by Crippen LogP contribution is -2.34. The summed E-state index contributed by atoms with van der Waals surface area (Å²) in [6.45, 7) is 2.06. The van der Waals surface area contributed by atoms with Crippen molar-refractivity contribution < 1.29 is 4.79 Å². The molecule has 0 radical (unpaired) electrons. The van der Waals surface area contributed by atoms with Gasteiger partial charge in [-0.15, -0.1) is 5.10 Å². The standard InChI is InChI=1S/C20H24N4OS/c1-14-7-9-15(10-8-14)19-21-20(23-22-19)26-13-18(25)24(17-11-12-17)16-5-3-2-4-6-16/h5,7-10,17H,2-4,6,11-13H2,1H3,(H,21,22,23). The number of carbonyl (C=O) groups excluding carboxylic acids is 1. The molecule has 0 atom stereocenters. The summed E-state index contributed by atoms with van der Waals surface area (Å²) >= 11 is 1.41. The van der Waals surface area contributed by atoms with Crippen molar-refractivity contribution in [3.05, 3.63) is 41.6 Å². The summed E-state index contributed by atoms with van der Waals surface area (Å²) in [6, 6.07) is 8.58. The molecular weight excluding hydrogens is 344 g/mol. The molecule has 2 aliphatic rings. The average molecular weight is 369 g/mol. The number of nitrogens with zero attached hydrogens (tertiary/aromatic N) is 3. The summed E-state index contributed by atoms with van der Waals surface area (Å²) in [6.07, 6.45) is 9.08. The zero-order chi connectivity index (χ0) is 17.9. The van der Waals surface area contributed by atoms with Crippen LogP contribution >= 0.6 is 11.8 Å². The van der Waals surface area contributed by atoms with Gasteiger partial charge in [0.15, 0.2) is 5.82 Å². The monoisotopic (exact) mass is 368 g/mol. The van der Waals surface area contributed by atoms with Gasteiger partial charge in [0.25, 0.3) is 0 Å². The van der Waals surface area contributed by atoms with E-state index in [-0.39, 0.29) is 5.91 Å². The molecule has 0 unspecified atom stereocenters. The molecule has 1 amide bonds. The summed E-state index contributed by atoms with van der Waals surface area (Å²) in [5.74, 6) is 1.32. The second-order valence-corrected chi connectivity index (χ2v) is 8.00. The molecule has 4 rings (SSSR count). The maximum Gasteiger partial charge on any atom is 0.237 e. The zero-order valence-corrected chi connectivity index (χ0v) is 15.9. The second-order valence-electron chi connectivity index (χ2n) is 7.06. The van der Waals surface area contributed by atoms with Gasteiger partial charge in [-0.25, -0.2) is 4.98 Å². The second kappa shape index (κ2) is 7.66. The molecule has 1 N–H and O–H groups in total. The Hall–Kier alpha value is -2.08. The Morgan fingerprint density at radius 3 is 2.77 bits per heavy atom. The van der Waals surface area contributed by atoms with Crippen molar-refractivity contribution in [1.82, 2.24) is 20.1 Å².